The molecular formula is C9H9F3N4O2. The van der Waals surface area contributed by atoms with Gasteiger partial charge in [0.05, 0.1) is 23.9 Å². The predicted octanol–water partition coefficient (Wildman–Crippen LogP) is 1.80. The minimum absolute atomic E-state index is 0.136. The largest absolute Gasteiger partial charge is 0.417 e. The molecule has 0 amide bonds. The Bertz CT molecular complexity index is 442. The summed E-state index contributed by atoms with van der Waals surface area (Å²) in [5, 5.41) is 21.9. The lowest BCUT2D eigenvalue weighted by atomic mass is 10.1. The van der Waals surface area contributed by atoms with Gasteiger partial charge in [-0.2, -0.15) is 13.2 Å². The van der Waals surface area contributed by atoms with Gasteiger partial charge in [-0.05, 0) is 17.7 Å². The summed E-state index contributed by atoms with van der Waals surface area (Å²) in [7, 11) is 0. The molecule has 0 aliphatic carbocycles. The van der Waals surface area contributed by atoms with Crippen molar-refractivity contribution in [2.45, 2.75) is 18.4 Å². The first-order valence-corrected chi connectivity index (χ1v) is 4.76. The number of aromatic nitrogens is 1. The summed E-state index contributed by atoms with van der Waals surface area (Å²) in [5.41, 5.74) is 6.93. The van der Waals surface area contributed by atoms with Crippen LogP contribution in [-0.4, -0.2) is 27.8 Å². The zero-order chi connectivity index (χ0) is 13.8. The fraction of sp³-hybridized carbons (Fsp3) is 0.444. The lowest BCUT2D eigenvalue weighted by molar-refractivity contribution is -0.137. The van der Waals surface area contributed by atoms with Gasteiger partial charge in [0, 0.05) is 11.1 Å². The molecule has 9 heteroatoms. The van der Waals surface area contributed by atoms with E-state index in [-0.39, 0.29) is 5.69 Å². The highest BCUT2D eigenvalue weighted by Gasteiger charge is 2.31. The summed E-state index contributed by atoms with van der Waals surface area (Å²) < 4.78 is 36.7. The molecule has 0 saturated heterocycles. The predicted molar refractivity (Wildman–Crippen MR) is 54.2 cm³/mol. The summed E-state index contributed by atoms with van der Waals surface area (Å²) in [5.74, 6) is 0. The molecule has 0 aromatic carbocycles. The van der Waals surface area contributed by atoms with Crippen molar-refractivity contribution < 1.29 is 23.4 Å². The van der Waals surface area contributed by atoms with E-state index in [1.807, 2.05) is 0 Å². The molecule has 2 N–H and O–H groups in total. The molecule has 18 heavy (non-hydrogen) atoms. The summed E-state index contributed by atoms with van der Waals surface area (Å²) >= 11 is 0. The van der Waals surface area contributed by atoms with E-state index >= 15 is 0 Å². The van der Waals surface area contributed by atoms with Crippen molar-refractivity contribution in [2.24, 2.45) is 5.11 Å². The summed E-state index contributed by atoms with van der Waals surface area (Å²) in [6, 6.07) is 1.69. The fourth-order valence-electron chi connectivity index (χ4n) is 1.17. The van der Waals surface area contributed by atoms with E-state index in [9.17, 15) is 23.4 Å². The number of hydrogen-bond acceptors (Lipinski definition) is 4. The van der Waals surface area contributed by atoms with Crippen LogP contribution in [0.4, 0.5) is 13.2 Å². The second kappa shape index (κ2) is 5.67. The van der Waals surface area contributed by atoms with Gasteiger partial charge in [0.15, 0.2) is 0 Å². The maximum absolute atomic E-state index is 12.2. The molecule has 1 aromatic rings. The number of pyridine rings is 1. The molecule has 0 fully saturated rings. The number of alkyl halides is 3. The topological polar surface area (TPSA) is 102 Å². The van der Waals surface area contributed by atoms with Crippen LogP contribution in [0, 0.1) is 0 Å². The van der Waals surface area contributed by atoms with Crippen LogP contribution in [0.5, 0.6) is 0 Å². The van der Waals surface area contributed by atoms with Gasteiger partial charge >= 0.3 is 6.18 Å². The Morgan fingerprint density at radius 1 is 1.39 bits per heavy atom. The summed E-state index contributed by atoms with van der Waals surface area (Å²) in [6.07, 6.45) is -6.90. The minimum Gasteiger partial charge on any atom is -0.390 e. The van der Waals surface area contributed by atoms with Crippen LogP contribution in [0.2, 0.25) is 0 Å². The SMILES string of the molecule is [N-]=[N+]=NCC(O)C(O)c1ccc(C(F)(F)F)cn1. The zero-order valence-corrected chi connectivity index (χ0v) is 8.91. The Labute approximate surface area is 99.3 Å². The maximum Gasteiger partial charge on any atom is 0.417 e. The Hall–Kier alpha value is -1.83. The lowest BCUT2D eigenvalue weighted by Gasteiger charge is -2.15. The molecule has 98 valence electrons. The first-order chi connectivity index (χ1) is 8.36. The Morgan fingerprint density at radius 3 is 2.50 bits per heavy atom. The highest BCUT2D eigenvalue weighted by molar-refractivity contribution is 5.18. The van der Waals surface area contributed by atoms with Gasteiger partial charge in [0.2, 0.25) is 0 Å². The Balaban J connectivity index is 2.81. The van der Waals surface area contributed by atoms with E-state index in [1.165, 1.54) is 0 Å². The third-order valence-electron chi connectivity index (χ3n) is 2.11. The quantitative estimate of drug-likeness (QED) is 0.491. The second-order valence-corrected chi connectivity index (χ2v) is 3.40. The molecule has 6 nitrogen and oxygen atoms in total. The van der Waals surface area contributed by atoms with Gasteiger partial charge in [-0.25, -0.2) is 0 Å². The Morgan fingerprint density at radius 2 is 2.06 bits per heavy atom. The van der Waals surface area contributed by atoms with Crippen LogP contribution in [0.1, 0.15) is 17.4 Å². The van der Waals surface area contributed by atoms with Crippen molar-refractivity contribution in [3.05, 3.63) is 40.0 Å². The normalized spacial score (nSPS) is 14.7. The van der Waals surface area contributed by atoms with E-state index < -0.39 is 30.5 Å². The van der Waals surface area contributed by atoms with Crippen LogP contribution in [0.25, 0.3) is 10.4 Å². The number of azide groups is 1. The van der Waals surface area contributed by atoms with Crippen LogP contribution in [0.15, 0.2) is 23.4 Å². The van der Waals surface area contributed by atoms with Gasteiger partial charge in [0.1, 0.15) is 6.10 Å². The summed E-state index contributed by atoms with van der Waals surface area (Å²) in [4.78, 5) is 5.79. The molecule has 0 aliphatic heterocycles. The number of halogens is 3. The van der Waals surface area contributed by atoms with E-state index in [1.54, 1.807) is 0 Å². The number of aliphatic hydroxyl groups is 2. The van der Waals surface area contributed by atoms with Crippen molar-refractivity contribution in [2.75, 3.05) is 6.54 Å². The minimum atomic E-state index is -4.51. The molecule has 1 heterocycles. The van der Waals surface area contributed by atoms with Crippen molar-refractivity contribution >= 4 is 0 Å². The molecule has 1 rings (SSSR count). The highest BCUT2D eigenvalue weighted by atomic mass is 19.4. The molecule has 0 aliphatic rings. The van der Waals surface area contributed by atoms with Gasteiger partial charge in [-0.3, -0.25) is 4.98 Å². The van der Waals surface area contributed by atoms with Crippen molar-refractivity contribution in [1.82, 2.24) is 4.98 Å². The van der Waals surface area contributed by atoms with Crippen molar-refractivity contribution in [1.29, 1.82) is 0 Å². The first-order valence-electron chi connectivity index (χ1n) is 4.76. The molecule has 1 aromatic heterocycles. The average molecular weight is 262 g/mol. The van der Waals surface area contributed by atoms with Crippen LogP contribution in [-0.2, 0) is 6.18 Å². The monoisotopic (exact) mass is 262 g/mol. The number of hydrogen-bond donors (Lipinski definition) is 2. The molecule has 0 bridgehead atoms. The zero-order valence-electron chi connectivity index (χ0n) is 8.91. The lowest BCUT2D eigenvalue weighted by Crippen LogP contribution is -2.22. The van der Waals surface area contributed by atoms with Crippen molar-refractivity contribution in [3.63, 3.8) is 0 Å². The van der Waals surface area contributed by atoms with E-state index in [0.717, 1.165) is 12.1 Å². The van der Waals surface area contributed by atoms with Crippen molar-refractivity contribution in [3.8, 4) is 0 Å². The molecule has 2 unspecified atom stereocenters. The fourth-order valence-corrected chi connectivity index (χ4v) is 1.17. The molecule has 2 atom stereocenters. The van der Waals surface area contributed by atoms with Crippen LogP contribution < -0.4 is 0 Å². The number of nitrogens with zero attached hydrogens (tertiary/aromatic N) is 4. The third kappa shape index (κ3) is 3.59. The van der Waals surface area contributed by atoms with Gasteiger partial charge in [-0.1, -0.05) is 5.11 Å². The highest BCUT2D eigenvalue weighted by Crippen LogP contribution is 2.29. The maximum atomic E-state index is 12.2. The van der Waals surface area contributed by atoms with Gasteiger partial charge in [0.25, 0.3) is 0 Å². The third-order valence-corrected chi connectivity index (χ3v) is 2.11. The summed E-state index contributed by atoms with van der Waals surface area (Å²) in [6.45, 7) is -0.402. The second-order valence-electron chi connectivity index (χ2n) is 3.40. The Kier molecular flexibility index (Phi) is 4.49. The molecule has 0 saturated carbocycles. The van der Waals surface area contributed by atoms with E-state index in [4.69, 9.17) is 5.53 Å². The average Bonchev–Trinajstić information content (AvgIpc) is 2.34. The van der Waals surface area contributed by atoms with Crippen LogP contribution in [0.3, 0.4) is 0 Å². The molecule has 0 spiro atoms. The molecular weight excluding hydrogens is 253 g/mol. The van der Waals surface area contributed by atoms with Crippen LogP contribution >= 0.6 is 0 Å². The van der Waals surface area contributed by atoms with Gasteiger partial charge < -0.3 is 10.2 Å². The molecule has 0 radical (unpaired) electrons. The van der Waals surface area contributed by atoms with Gasteiger partial charge in [-0.15, -0.1) is 0 Å². The standard InChI is InChI=1S/C9H9F3N4O2/c10-9(11,12)5-1-2-6(14-3-5)8(18)7(17)4-15-16-13/h1-3,7-8,17-18H,4H2. The van der Waals surface area contributed by atoms with E-state index in [0.29, 0.717) is 6.20 Å². The number of aliphatic hydroxyl groups excluding tert-OH is 2. The number of rotatable bonds is 4. The smallest absolute Gasteiger partial charge is 0.390 e. The van der Waals surface area contributed by atoms with E-state index in [2.05, 4.69) is 15.0 Å². The first kappa shape index (κ1) is 14.2.